The number of hydrogen-bond acceptors (Lipinski definition) is 2. The van der Waals surface area contributed by atoms with Gasteiger partial charge in [-0.25, -0.2) is 0 Å². The maximum Gasteiger partial charge on any atom is 0.162 e. The molecule has 0 fully saturated rings. The average molecular weight is 310 g/mol. The highest BCUT2D eigenvalue weighted by Crippen LogP contribution is 2.14. The smallest absolute Gasteiger partial charge is 0.162 e. The van der Waals surface area contributed by atoms with E-state index >= 15 is 0 Å². The van der Waals surface area contributed by atoms with Gasteiger partial charge in [0, 0.05) is 18.6 Å². The third-order valence-corrected chi connectivity index (χ3v) is 4.19. The van der Waals surface area contributed by atoms with Crippen LogP contribution in [0.2, 0.25) is 0 Å². The van der Waals surface area contributed by atoms with E-state index in [0.29, 0.717) is 19.6 Å². The molecule has 2 rings (SSSR count). The van der Waals surface area contributed by atoms with Crippen LogP contribution >= 0.6 is 0 Å². The van der Waals surface area contributed by atoms with E-state index in [1.54, 1.807) is 0 Å². The van der Waals surface area contributed by atoms with Gasteiger partial charge in [-0.3, -0.25) is 4.79 Å². The Morgan fingerprint density at radius 1 is 0.957 bits per heavy atom. The quantitative estimate of drug-likeness (QED) is 0.638. The summed E-state index contributed by atoms with van der Waals surface area (Å²) in [6, 6.07) is 14.3. The van der Waals surface area contributed by atoms with Crippen LogP contribution in [0.25, 0.3) is 0 Å². The van der Waals surface area contributed by atoms with E-state index in [0.717, 1.165) is 24.0 Å². The highest BCUT2D eigenvalue weighted by molar-refractivity contribution is 5.96. The topological polar surface area (TPSA) is 26.3 Å². The van der Waals surface area contributed by atoms with Crippen LogP contribution in [0.15, 0.2) is 42.5 Å². The normalized spacial score (nSPS) is 10.7. The summed E-state index contributed by atoms with van der Waals surface area (Å²) in [5.41, 5.74) is 5.85. The molecule has 0 aliphatic rings. The Morgan fingerprint density at radius 3 is 2.30 bits per heavy atom. The van der Waals surface area contributed by atoms with Crippen molar-refractivity contribution in [3.05, 3.63) is 70.3 Å². The van der Waals surface area contributed by atoms with Crippen molar-refractivity contribution >= 4 is 5.78 Å². The molecule has 0 bridgehead atoms. The molecule has 0 aliphatic heterocycles. The van der Waals surface area contributed by atoms with Crippen LogP contribution in [-0.2, 0) is 17.8 Å². The molecular formula is C21H26O2. The molecule has 0 spiro atoms. The van der Waals surface area contributed by atoms with E-state index in [2.05, 4.69) is 32.0 Å². The largest absolute Gasteiger partial charge is 0.377 e. The summed E-state index contributed by atoms with van der Waals surface area (Å²) in [5.74, 6) is 0.219. The molecule has 0 radical (unpaired) electrons. The van der Waals surface area contributed by atoms with Crippen molar-refractivity contribution in [2.75, 3.05) is 6.61 Å². The van der Waals surface area contributed by atoms with Crippen molar-refractivity contribution in [2.24, 2.45) is 0 Å². The molecule has 0 heterocycles. The summed E-state index contributed by atoms with van der Waals surface area (Å²) in [7, 11) is 0. The van der Waals surface area contributed by atoms with Crippen LogP contribution in [0, 0.1) is 13.8 Å². The highest BCUT2D eigenvalue weighted by atomic mass is 16.5. The highest BCUT2D eigenvalue weighted by Gasteiger charge is 2.06. The minimum Gasteiger partial charge on any atom is -0.377 e. The number of hydrogen-bond donors (Lipinski definition) is 0. The SMILES string of the molecule is CCOCc1ccc(C(=O)CCCc2ccc(C)c(C)c2)cc1. The van der Waals surface area contributed by atoms with Crippen molar-refractivity contribution in [1.82, 2.24) is 0 Å². The molecule has 0 amide bonds. The number of aryl methyl sites for hydroxylation is 3. The molecule has 0 N–H and O–H groups in total. The van der Waals surface area contributed by atoms with Gasteiger partial charge in [-0.1, -0.05) is 42.5 Å². The summed E-state index contributed by atoms with van der Waals surface area (Å²) >= 11 is 0. The molecule has 0 aromatic heterocycles. The van der Waals surface area contributed by atoms with E-state index in [9.17, 15) is 4.79 Å². The minimum atomic E-state index is 0.219. The summed E-state index contributed by atoms with van der Waals surface area (Å²) in [6.45, 7) is 7.55. The number of carbonyl (C=O) groups is 1. The van der Waals surface area contributed by atoms with Crippen molar-refractivity contribution in [2.45, 2.75) is 46.6 Å². The molecule has 2 nitrogen and oxygen atoms in total. The second-order valence-corrected chi connectivity index (χ2v) is 6.03. The zero-order valence-corrected chi connectivity index (χ0v) is 14.4. The number of ketones is 1. The first-order valence-corrected chi connectivity index (χ1v) is 8.36. The predicted octanol–water partition coefficient (Wildman–Crippen LogP) is 5.05. The third kappa shape index (κ3) is 5.33. The molecule has 0 saturated carbocycles. The van der Waals surface area contributed by atoms with Crippen LogP contribution in [-0.4, -0.2) is 12.4 Å². The van der Waals surface area contributed by atoms with Gasteiger partial charge < -0.3 is 4.74 Å². The standard InChI is InChI=1S/C21H26O2/c1-4-23-15-19-10-12-20(13-11-19)21(22)7-5-6-18-9-8-16(2)17(3)14-18/h8-14H,4-7,15H2,1-3H3. The van der Waals surface area contributed by atoms with E-state index in [1.165, 1.54) is 16.7 Å². The number of ether oxygens (including phenoxy) is 1. The lowest BCUT2D eigenvalue weighted by molar-refractivity contribution is 0.0980. The van der Waals surface area contributed by atoms with Crippen molar-refractivity contribution in [3.8, 4) is 0 Å². The Bertz CT molecular complexity index is 641. The fourth-order valence-corrected chi connectivity index (χ4v) is 2.56. The number of carbonyl (C=O) groups excluding carboxylic acids is 1. The summed E-state index contributed by atoms with van der Waals surface area (Å²) in [4.78, 5) is 12.3. The Labute approximate surface area is 139 Å². The Kier molecular flexibility index (Phi) is 6.54. The summed E-state index contributed by atoms with van der Waals surface area (Å²) < 4.78 is 5.37. The number of benzene rings is 2. The molecule has 2 aromatic rings. The van der Waals surface area contributed by atoms with Gasteiger partial charge in [0.1, 0.15) is 0 Å². The van der Waals surface area contributed by atoms with Gasteiger partial charge in [0.2, 0.25) is 0 Å². The number of Topliss-reactive ketones (excluding diaryl/α,β-unsaturated/α-hetero) is 1. The fraction of sp³-hybridized carbons (Fsp3) is 0.381. The van der Waals surface area contributed by atoms with Gasteiger partial charge in [0.15, 0.2) is 5.78 Å². The first kappa shape index (κ1) is 17.4. The van der Waals surface area contributed by atoms with Gasteiger partial charge >= 0.3 is 0 Å². The Balaban J connectivity index is 1.83. The van der Waals surface area contributed by atoms with Gasteiger partial charge in [0.25, 0.3) is 0 Å². The number of rotatable bonds is 8. The average Bonchev–Trinajstić information content (AvgIpc) is 2.56. The lowest BCUT2D eigenvalue weighted by Crippen LogP contribution is -2.01. The van der Waals surface area contributed by atoms with Gasteiger partial charge in [0.05, 0.1) is 6.61 Å². The monoisotopic (exact) mass is 310 g/mol. The second-order valence-electron chi connectivity index (χ2n) is 6.03. The molecule has 0 saturated heterocycles. The molecular weight excluding hydrogens is 284 g/mol. The zero-order valence-electron chi connectivity index (χ0n) is 14.4. The first-order chi connectivity index (χ1) is 11.1. The lowest BCUT2D eigenvalue weighted by atomic mass is 9.99. The zero-order chi connectivity index (χ0) is 16.7. The van der Waals surface area contributed by atoms with Crippen LogP contribution in [0.1, 0.15) is 52.4 Å². The third-order valence-electron chi connectivity index (χ3n) is 4.19. The van der Waals surface area contributed by atoms with Crippen molar-refractivity contribution < 1.29 is 9.53 Å². The Morgan fingerprint density at radius 2 is 1.65 bits per heavy atom. The second kappa shape index (κ2) is 8.64. The molecule has 0 atom stereocenters. The van der Waals surface area contributed by atoms with E-state index in [1.807, 2.05) is 31.2 Å². The molecule has 0 unspecified atom stereocenters. The van der Waals surface area contributed by atoms with Crippen LogP contribution < -0.4 is 0 Å². The molecule has 122 valence electrons. The predicted molar refractivity (Wildman–Crippen MR) is 95.0 cm³/mol. The van der Waals surface area contributed by atoms with Crippen molar-refractivity contribution in [1.29, 1.82) is 0 Å². The first-order valence-electron chi connectivity index (χ1n) is 8.36. The van der Waals surface area contributed by atoms with E-state index in [-0.39, 0.29) is 5.78 Å². The summed E-state index contributed by atoms with van der Waals surface area (Å²) in [5, 5.41) is 0. The molecule has 2 heteroatoms. The van der Waals surface area contributed by atoms with Gasteiger partial charge in [-0.2, -0.15) is 0 Å². The molecule has 2 aromatic carbocycles. The lowest BCUT2D eigenvalue weighted by Gasteiger charge is -2.06. The maximum atomic E-state index is 12.3. The van der Waals surface area contributed by atoms with Crippen LogP contribution in [0.3, 0.4) is 0 Å². The van der Waals surface area contributed by atoms with E-state index in [4.69, 9.17) is 4.74 Å². The van der Waals surface area contributed by atoms with Crippen LogP contribution in [0.5, 0.6) is 0 Å². The van der Waals surface area contributed by atoms with E-state index < -0.39 is 0 Å². The van der Waals surface area contributed by atoms with Gasteiger partial charge in [-0.15, -0.1) is 0 Å². The van der Waals surface area contributed by atoms with Gasteiger partial charge in [-0.05, 0) is 55.9 Å². The van der Waals surface area contributed by atoms with Crippen LogP contribution in [0.4, 0.5) is 0 Å². The summed E-state index contributed by atoms with van der Waals surface area (Å²) in [6.07, 6.45) is 2.44. The Hall–Kier alpha value is -1.93. The fourth-order valence-electron chi connectivity index (χ4n) is 2.56. The van der Waals surface area contributed by atoms with Crippen molar-refractivity contribution in [3.63, 3.8) is 0 Å². The maximum absolute atomic E-state index is 12.3. The molecule has 23 heavy (non-hydrogen) atoms. The molecule has 0 aliphatic carbocycles. The minimum absolute atomic E-state index is 0.219.